The average Bonchev–Trinajstić information content (AvgIpc) is 3.65. The minimum absolute atomic E-state index is 0.0368. The van der Waals surface area contributed by atoms with E-state index in [0.29, 0.717) is 42.3 Å². The summed E-state index contributed by atoms with van der Waals surface area (Å²) < 4.78 is 58.7. The van der Waals surface area contributed by atoms with E-state index in [1.54, 1.807) is 64.6 Å². The van der Waals surface area contributed by atoms with Gasteiger partial charge in [0.2, 0.25) is 12.2 Å². The number of amides is 2. The second-order valence-corrected chi connectivity index (χ2v) is 14.3. The zero-order valence-electron chi connectivity index (χ0n) is 28.0. The molecule has 2 aliphatic heterocycles. The van der Waals surface area contributed by atoms with Gasteiger partial charge in [-0.25, -0.2) is 9.59 Å². The highest BCUT2D eigenvalue weighted by Crippen LogP contribution is 2.37. The van der Waals surface area contributed by atoms with Crippen molar-refractivity contribution < 1.29 is 41.8 Å². The van der Waals surface area contributed by atoms with Crippen LogP contribution < -0.4 is 15.4 Å². The summed E-state index contributed by atoms with van der Waals surface area (Å²) in [4.78, 5) is 36.6. The van der Waals surface area contributed by atoms with Crippen molar-refractivity contribution in [1.82, 2.24) is 15.5 Å². The van der Waals surface area contributed by atoms with Gasteiger partial charge < -0.3 is 29.3 Å². The summed E-state index contributed by atoms with van der Waals surface area (Å²) in [6.07, 6.45) is -5.21. The van der Waals surface area contributed by atoms with Crippen molar-refractivity contribution in [2.45, 2.75) is 96.9 Å². The molecule has 1 saturated heterocycles. The van der Waals surface area contributed by atoms with Gasteiger partial charge in [0.15, 0.2) is 5.84 Å². The molecule has 11 nitrogen and oxygen atoms in total. The monoisotopic (exact) mass is 729 g/mol. The number of halogens is 5. The SMILES string of the molecule is CC(C)(C)OC(=O)/N=C(\NC(=O)OC(C)(C)C)N1CCCC1C1NC(c2ccc(OCCCc3ccc(Cl)c(Cl)c3)c(C(F)(F)F)c2)=NO1. The number of hydrogen-bond acceptors (Lipinski definition) is 8. The molecule has 2 aromatic rings. The predicted octanol–water partition coefficient (Wildman–Crippen LogP) is 7.91. The van der Waals surface area contributed by atoms with E-state index in [4.69, 9.17) is 42.3 Å². The van der Waals surface area contributed by atoms with Crippen molar-refractivity contribution in [2.24, 2.45) is 10.1 Å². The van der Waals surface area contributed by atoms with Gasteiger partial charge in [-0.1, -0.05) is 34.4 Å². The summed E-state index contributed by atoms with van der Waals surface area (Å²) in [5.41, 5.74) is -1.63. The van der Waals surface area contributed by atoms with Crippen LogP contribution in [0.3, 0.4) is 0 Å². The number of nitrogens with one attached hydrogen (secondary N) is 2. The standard InChI is InChI=1S/C33H40Cl2F3N5O6/c1-31(2,3)47-29(44)40-28(41-30(45)48-32(4,5)6)43-15-7-10-24(43)27-39-26(42-49-27)20-12-14-25(21(18-20)33(36,37)38)46-16-8-9-19-11-13-22(34)23(35)17-19/h11-14,17-18,24,27H,7-10,15-16H2,1-6H3,(H,39,42)(H,40,41,44,45). The summed E-state index contributed by atoms with van der Waals surface area (Å²) in [6.45, 7) is 10.5. The van der Waals surface area contributed by atoms with Crippen LogP contribution in [0.5, 0.6) is 5.75 Å². The maximum Gasteiger partial charge on any atom is 0.437 e. The van der Waals surface area contributed by atoms with Crippen molar-refractivity contribution in [1.29, 1.82) is 0 Å². The summed E-state index contributed by atoms with van der Waals surface area (Å²) in [5.74, 6) is -0.372. The second-order valence-electron chi connectivity index (χ2n) is 13.5. The lowest BCUT2D eigenvalue weighted by molar-refractivity contribution is -0.139. The quantitative estimate of drug-likeness (QED) is 0.168. The van der Waals surface area contributed by atoms with Crippen molar-refractivity contribution in [3.8, 4) is 5.75 Å². The highest BCUT2D eigenvalue weighted by atomic mass is 35.5. The van der Waals surface area contributed by atoms with Crippen LogP contribution in [-0.4, -0.2) is 65.5 Å². The number of alkyl carbamates (subject to hydrolysis) is 1. The van der Waals surface area contributed by atoms with Crippen molar-refractivity contribution in [3.05, 3.63) is 63.1 Å². The molecule has 2 N–H and O–H groups in total. The number of rotatable bonds is 7. The Morgan fingerprint density at radius 1 is 1.04 bits per heavy atom. The van der Waals surface area contributed by atoms with E-state index in [1.165, 1.54) is 12.1 Å². The van der Waals surface area contributed by atoms with Gasteiger partial charge in [0.25, 0.3) is 0 Å². The lowest BCUT2D eigenvalue weighted by Crippen LogP contribution is -2.54. The van der Waals surface area contributed by atoms with Gasteiger partial charge in [-0.2, -0.15) is 13.2 Å². The fraction of sp³-hybridized carbons (Fsp3) is 0.515. The summed E-state index contributed by atoms with van der Waals surface area (Å²) in [6, 6.07) is 8.28. The van der Waals surface area contributed by atoms with Crippen LogP contribution in [0.1, 0.15) is 77.5 Å². The molecule has 0 radical (unpaired) electrons. The molecule has 0 aromatic heterocycles. The summed E-state index contributed by atoms with van der Waals surface area (Å²) >= 11 is 12.0. The normalized spacial score (nSPS) is 18.4. The third-order valence-electron chi connectivity index (χ3n) is 7.07. The van der Waals surface area contributed by atoms with Crippen LogP contribution >= 0.6 is 23.2 Å². The fourth-order valence-electron chi connectivity index (χ4n) is 5.08. The van der Waals surface area contributed by atoms with Crippen molar-refractivity contribution in [2.75, 3.05) is 13.2 Å². The van der Waals surface area contributed by atoms with E-state index >= 15 is 0 Å². The van der Waals surface area contributed by atoms with Gasteiger partial charge in [-0.05, 0) is 103 Å². The number of aryl methyl sites for hydroxylation is 1. The Labute approximate surface area is 293 Å². The molecule has 49 heavy (non-hydrogen) atoms. The van der Waals surface area contributed by atoms with Gasteiger partial charge in [-0.3, -0.25) is 5.32 Å². The van der Waals surface area contributed by atoms with Crippen LogP contribution in [-0.2, 0) is 26.9 Å². The number of benzene rings is 2. The molecule has 2 aromatic carbocycles. The Bertz CT molecular complexity index is 1590. The number of aliphatic imine (C=N–C) groups is 1. The largest absolute Gasteiger partial charge is 0.493 e. The average molecular weight is 731 g/mol. The van der Waals surface area contributed by atoms with Gasteiger partial charge in [0.1, 0.15) is 17.0 Å². The first-order valence-corrected chi connectivity index (χ1v) is 16.4. The first-order valence-electron chi connectivity index (χ1n) is 15.7. The Morgan fingerprint density at radius 3 is 2.41 bits per heavy atom. The molecule has 2 amide bonds. The number of likely N-dealkylation sites (tertiary alicyclic amines) is 1. The van der Waals surface area contributed by atoms with E-state index in [-0.39, 0.29) is 29.7 Å². The first kappa shape index (κ1) is 37.9. The van der Waals surface area contributed by atoms with Crippen LogP contribution in [0.25, 0.3) is 0 Å². The van der Waals surface area contributed by atoms with Gasteiger partial charge >= 0.3 is 18.4 Å². The Hall–Kier alpha value is -3.91. The predicted molar refractivity (Wildman–Crippen MR) is 179 cm³/mol. The molecule has 2 unspecified atom stereocenters. The fourth-order valence-corrected chi connectivity index (χ4v) is 5.40. The van der Waals surface area contributed by atoms with E-state index in [2.05, 4.69) is 20.8 Å². The Balaban J connectivity index is 1.46. The number of carbonyl (C=O) groups excluding carboxylic acids is 2. The minimum Gasteiger partial charge on any atom is -0.493 e. The molecule has 2 aliphatic rings. The van der Waals surface area contributed by atoms with Gasteiger partial charge in [0.05, 0.1) is 28.3 Å². The van der Waals surface area contributed by atoms with E-state index in [9.17, 15) is 22.8 Å². The molecule has 1 fully saturated rings. The molecule has 0 aliphatic carbocycles. The molecule has 16 heteroatoms. The van der Waals surface area contributed by atoms with Crippen molar-refractivity contribution >= 4 is 47.2 Å². The van der Waals surface area contributed by atoms with Gasteiger partial charge in [0, 0.05) is 12.1 Å². The molecule has 2 heterocycles. The molecular formula is C33H40Cl2F3N5O6. The minimum atomic E-state index is -4.71. The van der Waals surface area contributed by atoms with Crippen LogP contribution in [0.4, 0.5) is 22.8 Å². The second kappa shape index (κ2) is 15.3. The molecule has 2 atom stereocenters. The zero-order valence-corrected chi connectivity index (χ0v) is 29.6. The number of amidine groups is 1. The highest BCUT2D eigenvalue weighted by molar-refractivity contribution is 6.42. The number of nitrogens with zero attached hydrogens (tertiary/aromatic N) is 3. The lowest BCUT2D eigenvalue weighted by atomic mass is 10.1. The number of carbonyl (C=O) groups is 2. The maximum absolute atomic E-state index is 14.1. The number of guanidine groups is 1. The number of ether oxygens (including phenoxy) is 3. The lowest BCUT2D eigenvalue weighted by Gasteiger charge is -2.31. The van der Waals surface area contributed by atoms with Crippen LogP contribution in [0.15, 0.2) is 46.5 Å². The third-order valence-corrected chi connectivity index (χ3v) is 7.81. The van der Waals surface area contributed by atoms with Crippen LogP contribution in [0.2, 0.25) is 10.0 Å². The Kier molecular flexibility index (Phi) is 11.9. The molecule has 0 bridgehead atoms. The number of oxime groups is 1. The van der Waals surface area contributed by atoms with E-state index in [1.807, 2.05) is 0 Å². The third kappa shape index (κ3) is 11.0. The maximum atomic E-state index is 14.1. The molecule has 0 saturated carbocycles. The van der Waals surface area contributed by atoms with E-state index < -0.39 is 47.4 Å². The van der Waals surface area contributed by atoms with Crippen molar-refractivity contribution in [3.63, 3.8) is 0 Å². The van der Waals surface area contributed by atoms with E-state index in [0.717, 1.165) is 11.6 Å². The topological polar surface area (TPSA) is 123 Å². The molecule has 0 spiro atoms. The summed E-state index contributed by atoms with van der Waals surface area (Å²) in [7, 11) is 0. The van der Waals surface area contributed by atoms with Gasteiger partial charge in [-0.15, -0.1) is 4.99 Å². The highest BCUT2D eigenvalue weighted by Gasteiger charge is 2.41. The molecular weight excluding hydrogens is 690 g/mol. The number of alkyl halides is 3. The van der Waals surface area contributed by atoms with Crippen LogP contribution in [0, 0.1) is 0 Å². The number of hydrogen-bond donors (Lipinski definition) is 2. The first-order chi connectivity index (χ1) is 22.8. The molecule has 268 valence electrons. The molecule has 4 rings (SSSR count). The zero-order chi connectivity index (χ0) is 36.1. The summed E-state index contributed by atoms with van der Waals surface area (Å²) in [5, 5.41) is 10.4. The Morgan fingerprint density at radius 2 is 1.76 bits per heavy atom. The smallest absolute Gasteiger partial charge is 0.437 e.